The monoisotopic (exact) mass is 437 g/mol. The first-order valence-corrected chi connectivity index (χ1v) is 11.3. The van der Waals surface area contributed by atoms with Gasteiger partial charge in [0, 0.05) is 38.3 Å². The summed E-state index contributed by atoms with van der Waals surface area (Å²) in [5.74, 6) is -0.522. The fourth-order valence-electron chi connectivity index (χ4n) is 3.17. The van der Waals surface area contributed by atoms with Crippen molar-refractivity contribution in [1.82, 2.24) is 14.3 Å². The van der Waals surface area contributed by atoms with Crippen LogP contribution in [0.3, 0.4) is 0 Å². The van der Waals surface area contributed by atoms with Crippen molar-refractivity contribution >= 4 is 33.2 Å². The molecule has 0 N–H and O–H groups in total. The molecule has 0 aliphatic carbocycles. The molecule has 0 bridgehead atoms. The predicted octanol–water partition coefficient (Wildman–Crippen LogP) is 1.92. The van der Waals surface area contributed by atoms with Crippen molar-refractivity contribution in [3.63, 3.8) is 0 Å². The summed E-state index contributed by atoms with van der Waals surface area (Å²) in [6, 6.07) is 11.5. The van der Waals surface area contributed by atoms with Gasteiger partial charge in [0.1, 0.15) is 4.21 Å². The molecular weight excluding hydrogens is 414 g/mol. The zero-order valence-electron chi connectivity index (χ0n) is 16.4. The Bertz CT molecular complexity index is 990. The van der Waals surface area contributed by atoms with Crippen molar-refractivity contribution < 1.29 is 22.8 Å². The van der Waals surface area contributed by atoms with Crippen LogP contribution < -0.4 is 0 Å². The van der Waals surface area contributed by atoms with Crippen LogP contribution in [0.2, 0.25) is 0 Å². The highest BCUT2D eigenvalue weighted by Gasteiger charge is 2.36. The zero-order chi connectivity index (χ0) is 21.2. The standard InChI is InChI=1S/C19H23N3O5S2/c1-14-13-21(18(23)15-7-5-4-6-8-15)11-12-22(14)29(25,26)17-10-9-16(28-17)19(24)20(2)27-3/h4-10,14H,11-13H2,1-3H3. The minimum absolute atomic E-state index is 0.0973. The molecule has 29 heavy (non-hydrogen) atoms. The van der Waals surface area contributed by atoms with Crippen LogP contribution in [-0.2, 0) is 14.9 Å². The van der Waals surface area contributed by atoms with Gasteiger partial charge in [-0.1, -0.05) is 18.2 Å². The van der Waals surface area contributed by atoms with E-state index < -0.39 is 15.9 Å². The van der Waals surface area contributed by atoms with E-state index in [1.165, 1.54) is 30.6 Å². The van der Waals surface area contributed by atoms with Gasteiger partial charge >= 0.3 is 0 Å². The first-order valence-electron chi connectivity index (χ1n) is 9.04. The molecule has 2 heterocycles. The van der Waals surface area contributed by atoms with Crippen LogP contribution in [0.4, 0.5) is 0 Å². The van der Waals surface area contributed by atoms with Crippen LogP contribution >= 0.6 is 11.3 Å². The molecule has 2 aromatic rings. The molecule has 1 atom stereocenters. The number of carbonyl (C=O) groups excluding carboxylic acids is 2. The maximum Gasteiger partial charge on any atom is 0.287 e. The molecule has 2 amide bonds. The van der Waals surface area contributed by atoms with Gasteiger partial charge in [-0.25, -0.2) is 13.5 Å². The van der Waals surface area contributed by atoms with Gasteiger partial charge in [0.15, 0.2) is 0 Å². The average molecular weight is 438 g/mol. The molecule has 1 aliphatic heterocycles. The molecule has 1 saturated heterocycles. The van der Waals surface area contributed by atoms with Crippen LogP contribution in [0.15, 0.2) is 46.7 Å². The topological polar surface area (TPSA) is 87.2 Å². The van der Waals surface area contributed by atoms with E-state index in [1.807, 2.05) is 6.07 Å². The minimum atomic E-state index is -3.77. The Kier molecular flexibility index (Phi) is 6.37. The number of hydroxylamine groups is 2. The third-order valence-electron chi connectivity index (χ3n) is 4.79. The number of rotatable bonds is 5. The Morgan fingerprint density at radius 3 is 2.45 bits per heavy atom. The third kappa shape index (κ3) is 4.35. The Morgan fingerprint density at radius 2 is 1.83 bits per heavy atom. The summed E-state index contributed by atoms with van der Waals surface area (Å²) < 4.78 is 27.7. The average Bonchev–Trinajstić information content (AvgIpc) is 3.23. The van der Waals surface area contributed by atoms with E-state index in [0.29, 0.717) is 18.7 Å². The second kappa shape index (κ2) is 8.62. The molecule has 0 saturated carbocycles. The van der Waals surface area contributed by atoms with Gasteiger partial charge in [-0.05, 0) is 31.2 Å². The number of piperazine rings is 1. The Morgan fingerprint density at radius 1 is 1.14 bits per heavy atom. The van der Waals surface area contributed by atoms with E-state index in [4.69, 9.17) is 4.84 Å². The fourth-order valence-corrected chi connectivity index (χ4v) is 6.19. The highest BCUT2D eigenvalue weighted by molar-refractivity contribution is 7.91. The summed E-state index contributed by atoms with van der Waals surface area (Å²) in [6.45, 7) is 2.58. The van der Waals surface area contributed by atoms with Crippen molar-refractivity contribution in [1.29, 1.82) is 0 Å². The van der Waals surface area contributed by atoms with Crippen molar-refractivity contribution in [3.05, 3.63) is 52.9 Å². The molecule has 1 aromatic heterocycles. The molecule has 8 nitrogen and oxygen atoms in total. The maximum atomic E-state index is 13.1. The highest BCUT2D eigenvalue weighted by Crippen LogP contribution is 2.28. The summed E-state index contributed by atoms with van der Waals surface area (Å²) >= 11 is 0.910. The van der Waals surface area contributed by atoms with E-state index >= 15 is 0 Å². The lowest BCUT2D eigenvalue weighted by Gasteiger charge is -2.38. The second-order valence-electron chi connectivity index (χ2n) is 6.69. The lowest BCUT2D eigenvalue weighted by atomic mass is 10.1. The molecule has 1 unspecified atom stereocenters. The summed E-state index contributed by atoms with van der Waals surface area (Å²) in [5.41, 5.74) is 0.583. The van der Waals surface area contributed by atoms with Crippen molar-refractivity contribution in [2.75, 3.05) is 33.8 Å². The fraction of sp³-hybridized carbons (Fsp3) is 0.368. The first-order chi connectivity index (χ1) is 13.8. The minimum Gasteiger partial charge on any atom is -0.336 e. The van der Waals surface area contributed by atoms with E-state index in [-0.39, 0.29) is 27.6 Å². The van der Waals surface area contributed by atoms with E-state index in [2.05, 4.69) is 0 Å². The summed E-state index contributed by atoms with van der Waals surface area (Å²) in [5, 5.41) is 1.04. The lowest BCUT2D eigenvalue weighted by molar-refractivity contribution is -0.0753. The van der Waals surface area contributed by atoms with E-state index in [1.54, 1.807) is 36.1 Å². The lowest BCUT2D eigenvalue weighted by Crippen LogP contribution is -2.55. The smallest absolute Gasteiger partial charge is 0.287 e. The summed E-state index contributed by atoms with van der Waals surface area (Å²) in [6.07, 6.45) is 0. The summed E-state index contributed by atoms with van der Waals surface area (Å²) in [7, 11) is -0.946. The molecule has 0 radical (unpaired) electrons. The normalized spacial score (nSPS) is 17.9. The Hall–Kier alpha value is -2.27. The van der Waals surface area contributed by atoms with Gasteiger partial charge in [0.2, 0.25) is 0 Å². The predicted molar refractivity (Wildman–Crippen MR) is 109 cm³/mol. The van der Waals surface area contributed by atoms with Gasteiger partial charge in [-0.3, -0.25) is 14.4 Å². The molecule has 1 aromatic carbocycles. The van der Waals surface area contributed by atoms with Gasteiger partial charge in [-0.2, -0.15) is 4.31 Å². The Labute approximate surface area is 174 Å². The third-order valence-corrected chi connectivity index (χ3v) is 8.34. The van der Waals surface area contributed by atoms with Gasteiger partial charge < -0.3 is 4.90 Å². The van der Waals surface area contributed by atoms with Crippen LogP contribution in [0, 0.1) is 0 Å². The van der Waals surface area contributed by atoms with Crippen molar-refractivity contribution in [2.45, 2.75) is 17.2 Å². The number of thiophene rings is 1. The van der Waals surface area contributed by atoms with Crippen LogP contribution in [0.1, 0.15) is 27.0 Å². The van der Waals surface area contributed by atoms with E-state index in [9.17, 15) is 18.0 Å². The molecule has 10 heteroatoms. The number of nitrogens with zero attached hydrogens (tertiary/aromatic N) is 3. The molecule has 156 valence electrons. The highest BCUT2D eigenvalue weighted by atomic mass is 32.2. The summed E-state index contributed by atoms with van der Waals surface area (Å²) in [4.78, 5) is 31.6. The second-order valence-corrected chi connectivity index (χ2v) is 9.89. The molecule has 1 aliphatic rings. The molecule has 1 fully saturated rings. The Balaban J connectivity index is 1.74. The SMILES string of the molecule is CON(C)C(=O)c1ccc(S(=O)(=O)N2CCN(C(=O)c3ccccc3)CC2C)s1. The van der Waals surface area contributed by atoms with Gasteiger partial charge in [0.05, 0.1) is 12.0 Å². The zero-order valence-corrected chi connectivity index (χ0v) is 18.1. The maximum absolute atomic E-state index is 13.1. The molecular formula is C19H23N3O5S2. The van der Waals surface area contributed by atoms with Crippen molar-refractivity contribution in [3.8, 4) is 0 Å². The first kappa shape index (κ1) is 21.4. The molecule has 0 spiro atoms. The number of carbonyl (C=O) groups is 2. The molecule has 3 rings (SSSR count). The number of hydrogen-bond acceptors (Lipinski definition) is 6. The van der Waals surface area contributed by atoms with E-state index in [0.717, 1.165) is 16.4 Å². The quantitative estimate of drug-likeness (QED) is 0.667. The number of benzene rings is 1. The largest absolute Gasteiger partial charge is 0.336 e. The van der Waals surface area contributed by atoms with Crippen LogP contribution in [-0.4, -0.2) is 74.3 Å². The van der Waals surface area contributed by atoms with Gasteiger partial charge in [0.25, 0.3) is 21.8 Å². The van der Waals surface area contributed by atoms with Crippen LogP contribution in [0.5, 0.6) is 0 Å². The number of sulfonamides is 1. The number of amides is 2. The number of hydrogen-bond donors (Lipinski definition) is 0. The van der Waals surface area contributed by atoms with Crippen molar-refractivity contribution in [2.24, 2.45) is 0 Å². The van der Waals surface area contributed by atoms with Crippen LogP contribution in [0.25, 0.3) is 0 Å². The van der Waals surface area contributed by atoms with Gasteiger partial charge in [-0.15, -0.1) is 11.3 Å².